The van der Waals surface area contributed by atoms with Gasteiger partial charge < -0.3 is 14.4 Å². The van der Waals surface area contributed by atoms with Crippen molar-refractivity contribution in [2.45, 2.75) is 40.0 Å². The van der Waals surface area contributed by atoms with E-state index in [4.69, 9.17) is 9.47 Å². The predicted octanol–water partition coefficient (Wildman–Crippen LogP) is 4.77. The minimum absolute atomic E-state index is 0.0151. The van der Waals surface area contributed by atoms with Crippen molar-refractivity contribution in [1.29, 1.82) is 0 Å². The molecule has 1 saturated heterocycles. The normalized spacial score (nSPS) is 14.7. The fourth-order valence-corrected chi connectivity index (χ4v) is 3.65. The Kier molecular flexibility index (Phi) is 7.93. The van der Waals surface area contributed by atoms with Gasteiger partial charge in [0.25, 0.3) is 5.88 Å². The summed E-state index contributed by atoms with van der Waals surface area (Å²) < 4.78 is 54.0. The largest absolute Gasteiger partial charge is 0.475 e. The Hall–Kier alpha value is -2.84. The maximum Gasteiger partial charge on any atom is 0.302 e. The number of esters is 1. The highest BCUT2D eigenvalue weighted by Crippen LogP contribution is 2.32. The van der Waals surface area contributed by atoms with E-state index in [1.54, 1.807) is 4.90 Å². The number of ether oxygens (including phenoxy) is 2. The molecule has 2 aromatic rings. The molecule has 174 valence electrons. The topological polar surface area (TPSA) is 64.5 Å². The minimum Gasteiger partial charge on any atom is -0.475 e. The molecule has 2 heterocycles. The Bertz CT molecular complexity index is 924. The highest BCUT2D eigenvalue weighted by molar-refractivity contribution is 5.65. The van der Waals surface area contributed by atoms with Crippen LogP contribution in [-0.4, -0.2) is 42.2 Å². The molecular formula is C23H28F3N3O3. The summed E-state index contributed by atoms with van der Waals surface area (Å²) in [6.45, 7) is 6.80. The van der Waals surface area contributed by atoms with E-state index in [0.29, 0.717) is 25.6 Å². The molecule has 3 rings (SSSR count). The minimum atomic E-state index is -0.733. The van der Waals surface area contributed by atoms with E-state index in [-0.39, 0.29) is 41.4 Å². The highest BCUT2D eigenvalue weighted by atomic mass is 19.1. The van der Waals surface area contributed by atoms with E-state index < -0.39 is 17.5 Å². The molecule has 1 aliphatic heterocycles. The Morgan fingerprint density at radius 1 is 1.16 bits per heavy atom. The van der Waals surface area contributed by atoms with Crippen LogP contribution in [0.3, 0.4) is 0 Å². The molecule has 1 aromatic carbocycles. The summed E-state index contributed by atoms with van der Waals surface area (Å²) >= 11 is 0. The van der Waals surface area contributed by atoms with Gasteiger partial charge in [-0.3, -0.25) is 4.79 Å². The van der Waals surface area contributed by atoms with Gasteiger partial charge in [-0.15, -0.1) is 0 Å². The monoisotopic (exact) mass is 451 g/mol. The van der Waals surface area contributed by atoms with Crippen molar-refractivity contribution in [3.63, 3.8) is 0 Å². The first-order valence-corrected chi connectivity index (χ1v) is 10.8. The molecular weight excluding hydrogens is 423 g/mol. The van der Waals surface area contributed by atoms with Crippen LogP contribution in [-0.2, 0) is 9.53 Å². The molecule has 1 aromatic heterocycles. The van der Waals surface area contributed by atoms with E-state index in [1.165, 1.54) is 6.92 Å². The third-order valence-electron chi connectivity index (χ3n) is 5.30. The molecule has 9 heteroatoms. The quantitative estimate of drug-likeness (QED) is 0.539. The highest BCUT2D eigenvalue weighted by Gasteiger charge is 2.25. The Balaban J connectivity index is 1.71. The Morgan fingerprint density at radius 3 is 2.41 bits per heavy atom. The zero-order valence-corrected chi connectivity index (χ0v) is 18.5. The summed E-state index contributed by atoms with van der Waals surface area (Å²) in [6, 6.07) is 2.31. The zero-order valence-electron chi connectivity index (χ0n) is 18.5. The van der Waals surface area contributed by atoms with Crippen LogP contribution in [0, 0.1) is 29.3 Å². The van der Waals surface area contributed by atoms with Gasteiger partial charge in [-0.1, -0.05) is 13.8 Å². The van der Waals surface area contributed by atoms with Crippen molar-refractivity contribution < 1.29 is 27.4 Å². The number of rotatable bonds is 8. The number of anilines is 1. The standard InChI is InChI=1S/C23H28F3N3O3/c1-14(2)13-32-23-20(26)12-27-22(28-23)17-10-18(24)21(19(25)11-17)29-7-4-16(5-8-29)6-9-31-15(3)30/h10-12,14,16H,4-9,13H2,1-3H3. The summed E-state index contributed by atoms with van der Waals surface area (Å²) in [7, 11) is 0. The summed E-state index contributed by atoms with van der Waals surface area (Å²) in [5, 5.41) is 0. The molecule has 0 N–H and O–H groups in total. The van der Waals surface area contributed by atoms with Crippen LogP contribution < -0.4 is 9.64 Å². The van der Waals surface area contributed by atoms with Crippen LogP contribution in [0.1, 0.15) is 40.0 Å². The van der Waals surface area contributed by atoms with Crippen molar-refractivity contribution in [2.75, 3.05) is 31.2 Å². The summed E-state index contributed by atoms with van der Waals surface area (Å²) in [4.78, 5) is 20.4. The molecule has 0 amide bonds. The Morgan fingerprint density at radius 2 is 1.81 bits per heavy atom. The zero-order chi connectivity index (χ0) is 23.3. The molecule has 0 bridgehead atoms. The van der Waals surface area contributed by atoms with Crippen LogP contribution in [0.4, 0.5) is 18.9 Å². The average molecular weight is 451 g/mol. The lowest BCUT2D eigenvalue weighted by Gasteiger charge is -2.34. The molecule has 0 atom stereocenters. The van der Waals surface area contributed by atoms with E-state index in [0.717, 1.165) is 37.6 Å². The number of aromatic nitrogens is 2. The van der Waals surface area contributed by atoms with Crippen molar-refractivity contribution in [3.8, 4) is 17.3 Å². The second-order valence-electron chi connectivity index (χ2n) is 8.40. The van der Waals surface area contributed by atoms with Gasteiger partial charge in [0.05, 0.1) is 19.4 Å². The van der Waals surface area contributed by atoms with Crippen molar-refractivity contribution in [2.24, 2.45) is 11.8 Å². The number of benzene rings is 1. The van der Waals surface area contributed by atoms with Crippen LogP contribution in [0.2, 0.25) is 0 Å². The lowest BCUT2D eigenvalue weighted by atomic mass is 9.93. The first kappa shape index (κ1) is 23.8. The van der Waals surface area contributed by atoms with Crippen LogP contribution >= 0.6 is 0 Å². The second-order valence-corrected chi connectivity index (χ2v) is 8.40. The van der Waals surface area contributed by atoms with Crippen molar-refractivity contribution in [3.05, 3.63) is 35.8 Å². The van der Waals surface area contributed by atoms with Crippen molar-refractivity contribution >= 4 is 11.7 Å². The third-order valence-corrected chi connectivity index (χ3v) is 5.30. The fourth-order valence-electron chi connectivity index (χ4n) is 3.65. The lowest BCUT2D eigenvalue weighted by Crippen LogP contribution is -2.35. The molecule has 6 nitrogen and oxygen atoms in total. The summed E-state index contributed by atoms with van der Waals surface area (Å²) in [5.41, 5.74) is 0.0139. The maximum absolute atomic E-state index is 14.9. The van der Waals surface area contributed by atoms with Gasteiger partial charge in [0.2, 0.25) is 5.82 Å². The van der Waals surface area contributed by atoms with Gasteiger partial charge in [0.15, 0.2) is 5.82 Å². The molecule has 0 saturated carbocycles. The van der Waals surface area contributed by atoms with Crippen LogP contribution in [0.25, 0.3) is 11.4 Å². The SMILES string of the molecule is CC(=O)OCCC1CCN(c2c(F)cc(-c3ncc(F)c(OCC(C)C)n3)cc2F)CC1. The first-order chi connectivity index (χ1) is 15.2. The van der Waals surface area contributed by atoms with Crippen LogP contribution in [0.15, 0.2) is 18.3 Å². The molecule has 0 spiro atoms. The molecule has 0 unspecified atom stereocenters. The van der Waals surface area contributed by atoms with Gasteiger partial charge in [0, 0.05) is 25.6 Å². The van der Waals surface area contributed by atoms with E-state index in [1.807, 2.05) is 13.8 Å². The van der Waals surface area contributed by atoms with Gasteiger partial charge in [-0.2, -0.15) is 9.37 Å². The average Bonchev–Trinajstić information content (AvgIpc) is 2.73. The first-order valence-electron chi connectivity index (χ1n) is 10.8. The van der Waals surface area contributed by atoms with Gasteiger partial charge in [-0.25, -0.2) is 13.8 Å². The van der Waals surface area contributed by atoms with Gasteiger partial charge >= 0.3 is 5.97 Å². The molecule has 1 aliphatic rings. The maximum atomic E-state index is 14.9. The molecule has 0 aliphatic carbocycles. The van der Waals surface area contributed by atoms with Crippen molar-refractivity contribution in [1.82, 2.24) is 9.97 Å². The number of halogens is 3. The van der Waals surface area contributed by atoms with Gasteiger partial charge in [-0.05, 0) is 43.2 Å². The molecule has 1 fully saturated rings. The molecule has 32 heavy (non-hydrogen) atoms. The number of piperidine rings is 1. The fraction of sp³-hybridized carbons (Fsp3) is 0.522. The van der Waals surface area contributed by atoms with E-state index in [2.05, 4.69) is 9.97 Å². The Labute approximate surface area is 185 Å². The summed E-state index contributed by atoms with van der Waals surface area (Å²) in [6.07, 6.45) is 3.17. The smallest absolute Gasteiger partial charge is 0.302 e. The second kappa shape index (κ2) is 10.7. The van der Waals surface area contributed by atoms with Crippen LogP contribution in [0.5, 0.6) is 5.88 Å². The number of carbonyl (C=O) groups excluding carboxylic acids is 1. The summed E-state index contributed by atoms with van der Waals surface area (Å²) in [5.74, 6) is -2.26. The van der Waals surface area contributed by atoms with E-state index in [9.17, 15) is 18.0 Å². The number of nitrogens with zero attached hydrogens (tertiary/aromatic N) is 3. The number of hydrogen-bond acceptors (Lipinski definition) is 6. The predicted molar refractivity (Wildman–Crippen MR) is 114 cm³/mol. The number of hydrogen-bond donors (Lipinski definition) is 0. The number of carbonyl (C=O) groups is 1. The third kappa shape index (κ3) is 6.11. The van der Waals surface area contributed by atoms with E-state index >= 15 is 0 Å². The van der Waals surface area contributed by atoms with Gasteiger partial charge in [0.1, 0.15) is 17.3 Å². The lowest BCUT2D eigenvalue weighted by molar-refractivity contribution is -0.141. The molecule has 0 radical (unpaired) electrons.